The number of sulfone groups is 1. The van der Waals surface area contributed by atoms with E-state index in [0.717, 1.165) is 29.4 Å². The van der Waals surface area contributed by atoms with Crippen LogP contribution >= 0.6 is 15.9 Å². The summed E-state index contributed by atoms with van der Waals surface area (Å²) in [6, 6.07) is 6.44. The molecule has 1 aliphatic carbocycles. The zero-order valence-corrected chi connectivity index (χ0v) is 13.7. The molecule has 5 heteroatoms. The minimum atomic E-state index is -2.92. The van der Waals surface area contributed by atoms with Gasteiger partial charge in [0, 0.05) is 22.5 Å². The topological polar surface area (TPSA) is 46.2 Å². The summed E-state index contributed by atoms with van der Waals surface area (Å²) in [5.74, 6) is 0. The van der Waals surface area contributed by atoms with Crippen LogP contribution in [-0.4, -0.2) is 26.0 Å². The van der Waals surface area contributed by atoms with Gasteiger partial charge in [0.25, 0.3) is 0 Å². The number of benzene rings is 1. The van der Waals surface area contributed by atoms with Gasteiger partial charge >= 0.3 is 0 Å². The van der Waals surface area contributed by atoms with E-state index in [-0.39, 0.29) is 11.3 Å². The Labute approximate surface area is 123 Å². The first-order valence-electron chi connectivity index (χ1n) is 6.57. The molecule has 2 rings (SSSR count). The second-order valence-electron chi connectivity index (χ2n) is 5.48. The predicted octanol–water partition coefficient (Wildman–Crippen LogP) is 3.53. The van der Waals surface area contributed by atoms with Gasteiger partial charge in [0.2, 0.25) is 0 Å². The van der Waals surface area contributed by atoms with Crippen LogP contribution in [0.1, 0.15) is 31.2 Å². The maximum Gasteiger partial charge on any atom is 0.150 e. The fraction of sp³-hybridized carbons (Fsp3) is 0.571. The lowest BCUT2D eigenvalue weighted by Gasteiger charge is -2.29. The lowest BCUT2D eigenvalue weighted by atomic mass is 9.94. The zero-order chi connectivity index (χ0) is 14.0. The van der Waals surface area contributed by atoms with Crippen LogP contribution in [0.3, 0.4) is 0 Å². The van der Waals surface area contributed by atoms with Crippen molar-refractivity contribution in [2.45, 2.75) is 43.9 Å². The summed E-state index contributed by atoms with van der Waals surface area (Å²) in [4.78, 5) is 0. The van der Waals surface area contributed by atoms with Crippen LogP contribution < -0.4 is 5.32 Å². The van der Waals surface area contributed by atoms with E-state index >= 15 is 0 Å². The number of nitrogens with one attached hydrogen (secondary N) is 1. The Morgan fingerprint density at radius 3 is 2.63 bits per heavy atom. The van der Waals surface area contributed by atoms with Crippen molar-refractivity contribution < 1.29 is 8.42 Å². The molecular formula is C14H20BrNO2S. The van der Waals surface area contributed by atoms with Crippen LogP contribution in [0.25, 0.3) is 0 Å². The standard InChI is InChI=1S/C14H20BrNO2S/c1-10-6-11(15)8-13(7-10)16-12-4-3-5-14(9-12)19(2,17)18/h6-8,12,14,16H,3-5,9H2,1-2H3. The van der Waals surface area contributed by atoms with Crippen molar-refractivity contribution in [2.24, 2.45) is 0 Å². The quantitative estimate of drug-likeness (QED) is 0.911. The molecule has 1 fully saturated rings. The normalized spacial score (nSPS) is 24.2. The van der Waals surface area contributed by atoms with Crippen molar-refractivity contribution in [1.82, 2.24) is 0 Å². The second-order valence-corrected chi connectivity index (χ2v) is 8.72. The van der Waals surface area contributed by atoms with E-state index < -0.39 is 9.84 Å². The molecule has 2 atom stereocenters. The number of rotatable bonds is 3. The molecular weight excluding hydrogens is 326 g/mol. The van der Waals surface area contributed by atoms with Crippen molar-refractivity contribution in [2.75, 3.05) is 11.6 Å². The SMILES string of the molecule is Cc1cc(Br)cc(NC2CCCC(S(C)(=O)=O)C2)c1. The molecule has 2 unspecified atom stereocenters. The molecule has 0 heterocycles. The Morgan fingerprint density at radius 2 is 2.00 bits per heavy atom. The number of halogens is 1. The lowest BCUT2D eigenvalue weighted by Crippen LogP contribution is -2.34. The van der Waals surface area contributed by atoms with Crippen LogP contribution in [0, 0.1) is 6.92 Å². The molecule has 19 heavy (non-hydrogen) atoms. The van der Waals surface area contributed by atoms with E-state index in [9.17, 15) is 8.42 Å². The fourth-order valence-corrected chi connectivity index (χ4v) is 4.50. The van der Waals surface area contributed by atoms with E-state index in [1.54, 1.807) is 0 Å². The highest BCUT2D eigenvalue weighted by atomic mass is 79.9. The van der Waals surface area contributed by atoms with E-state index in [0.29, 0.717) is 6.42 Å². The monoisotopic (exact) mass is 345 g/mol. The number of anilines is 1. The Bertz CT molecular complexity index is 536. The van der Waals surface area contributed by atoms with Crippen molar-refractivity contribution >= 4 is 31.5 Å². The first-order chi connectivity index (χ1) is 8.84. The van der Waals surface area contributed by atoms with Crippen molar-refractivity contribution in [3.63, 3.8) is 0 Å². The Morgan fingerprint density at radius 1 is 1.26 bits per heavy atom. The Balaban J connectivity index is 2.06. The van der Waals surface area contributed by atoms with Gasteiger partial charge in [-0.05, 0) is 49.9 Å². The summed E-state index contributed by atoms with van der Waals surface area (Å²) in [6.45, 7) is 2.05. The van der Waals surface area contributed by atoms with Crippen molar-refractivity contribution in [3.05, 3.63) is 28.2 Å². The Kier molecular flexibility index (Phi) is 4.56. The first kappa shape index (κ1) is 14.9. The van der Waals surface area contributed by atoms with Gasteiger partial charge in [-0.2, -0.15) is 0 Å². The molecule has 0 amide bonds. The summed E-state index contributed by atoms with van der Waals surface area (Å²) in [6.07, 6.45) is 4.88. The van der Waals surface area contributed by atoms with Gasteiger partial charge in [-0.15, -0.1) is 0 Å². The van der Waals surface area contributed by atoms with Crippen LogP contribution in [0.15, 0.2) is 22.7 Å². The molecule has 0 aromatic heterocycles. The molecule has 1 aliphatic rings. The third-order valence-corrected chi connectivity index (χ3v) is 5.74. The number of hydrogen-bond acceptors (Lipinski definition) is 3. The zero-order valence-electron chi connectivity index (χ0n) is 11.3. The first-order valence-corrected chi connectivity index (χ1v) is 9.32. The molecule has 3 nitrogen and oxygen atoms in total. The minimum Gasteiger partial charge on any atom is -0.382 e. The smallest absolute Gasteiger partial charge is 0.150 e. The highest BCUT2D eigenvalue weighted by Gasteiger charge is 2.28. The number of aryl methyl sites for hydroxylation is 1. The maximum absolute atomic E-state index is 11.7. The molecule has 0 radical (unpaired) electrons. The molecule has 0 spiro atoms. The van der Waals surface area contributed by atoms with Crippen LogP contribution in [0.4, 0.5) is 5.69 Å². The maximum atomic E-state index is 11.7. The van der Waals surface area contributed by atoms with Crippen molar-refractivity contribution in [3.8, 4) is 0 Å². The molecule has 1 aromatic carbocycles. The molecule has 1 N–H and O–H groups in total. The van der Waals surface area contributed by atoms with Gasteiger partial charge in [0.05, 0.1) is 5.25 Å². The summed E-state index contributed by atoms with van der Waals surface area (Å²) in [7, 11) is -2.92. The van der Waals surface area contributed by atoms with Gasteiger partial charge in [0.1, 0.15) is 9.84 Å². The van der Waals surface area contributed by atoms with Gasteiger partial charge in [0.15, 0.2) is 0 Å². The average molecular weight is 346 g/mol. The third kappa shape index (κ3) is 4.21. The minimum absolute atomic E-state index is 0.188. The summed E-state index contributed by atoms with van der Waals surface area (Å²) >= 11 is 3.49. The van der Waals surface area contributed by atoms with E-state index in [2.05, 4.69) is 40.3 Å². The highest BCUT2D eigenvalue weighted by molar-refractivity contribution is 9.10. The third-order valence-electron chi connectivity index (χ3n) is 3.64. The van der Waals surface area contributed by atoms with E-state index in [1.165, 1.54) is 11.8 Å². The highest BCUT2D eigenvalue weighted by Crippen LogP contribution is 2.27. The molecule has 0 saturated heterocycles. The van der Waals surface area contributed by atoms with Gasteiger partial charge < -0.3 is 5.32 Å². The molecule has 1 saturated carbocycles. The van der Waals surface area contributed by atoms with Crippen LogP contribution in [0.5, 0.6) is 0 Å². The van der Waals surface area contributed by atoms with Crippen molar-refractivity contribution in [1.29, 1.82) is 0 Å². The molecule has 106 valence electrons. The van der Waals surface area contributed by atoms with Gasteiger partial charge in [-0.3, -0.25) is 0 Å². The fourth-order valence-electron chi connectivity index (χ4n) is 2.72. The summed E-state index contributed by atoms with van der Waals surface area (Å²) in [5, 5.41) is 3.28. The van der Waals surface area contributed by atoms with Crippen LogP contribution in [0.2, 0.25) is 0 Å². The van der Waals surface area contributed by atoms with E-state index in [4.69, 9.17) is 0 Å². The molecule has 1 aromatic rings. The van der Waals surface area contributed by atoms with E-state index in [1.807, 2.05) is 6.07 Å². The van der Waals surface area contributed by atoms with Gasteiger partial charge in [-0.25, -0.2) is 8.42 Å². The number of hydrogen-bond donors (Lipinski definition) is 1. The molecule has 0 bridgehead atoms. The summed E-state index contributed by atoms with van der Waals surface area (Å²) in [5.41, 5.74) is 2.25. The predicted molar refractivity (Wildman–Crippen MR) is 83.4 cm³/mol. The second kappa shape index (κ2) is 5.83. The lowest BCUT2D eigenvalue weighted by molar-refractivity contribution is 0.453. The Hall–Kier alpha value is -0.550. The van der Waals surface area contributed by atoms with Crippen LogP contribution in [-0.2, 0) is 9.84 Å². The van der Waals surface area contributed by atoms with Gasteiger partial charge in [-0.1, -0.05) is 22.4 Å². The molecule has 0 aliphatic heterocycles. The average Bonchev–Trinajstić information content (AvgIpc) is 2.26. The largest absolute Gasteiger partial charge is 0.382 e. The summed E-state index contributed by atoms with van der Waals surface area (Å²) < 4.78 is 24.4.